The van der Waals surface area contributed by atoms with Gasteiger partial charge < -0.3 is 5.32 Å². The van der Waals surface area contributed by atoms with Gasteiger partial charge >= 0.3 is 0 Å². The average molecular weight is 270 g/mol. The number of halogens is 1. The van der Waals surface area contributed by atoms with Gasteiger partial charge in [-0.2, -0.15) is 0 Å². The highest BCUT2D eigenvalue weighted by molar-refractivity contribution is 9.10. The highest BCUT2D eigenvalue weighted by Crippen LogP contribution is 2.14. The summed E-state index contributed by atoms with van der Waals surface area (Å²) >= 11 is 3.25. The second kappa shape index (κ2) is 5.75. The van der Waals surface area contributed by atoms with Crippen molar-refractivity contribution in [2.75, 3.05) is 18.6 Å². The first-order valence-electron chi connectivity index (χ1n) is 4.11. The van der Waals surface area contributed by atoms with Gasteiger partial charge in [0.05, 0.1) is 4.32 Å². The highest BCUT2D eigenvalue weighted by atomic mass is 79.9. The van der Waals surface area contributed by atoms with Crippen LogP contribution in [0.15, 0.2) is 0 Å². The molecule has 0 saturated carbocycles. The van der Waals surface area contributed by atoms with Gasteiger partial charge in [-0.15, -0.1) is 0 Å². The summed E-state index contributed by atoms with van der Waals surface area (Å²) in [5, 5.41) is 2.76. The molecule has 1 amide bonds. The Morgan fingerprint density at radius 1 is 1.54 bits per heavy atom. The molecule has 0 heterocycles. The lowest BCUT2D eigenvalue weighted by molar-refractivity contribution is -0.122. The zero-order valence-electron chi connectivity index (χ0n) is 8.22. The maximum Gasteiger partial charge on any atom is 0.236 e. The number of rotatable bonds is 5. The average Bonchev–Trinajstić information content (AvgIpc) is 1.95. The van der Waals surface area contributed by atoms with Crippen LogP contribution < -0.4 is 5.32 Å². The van der Waals surface area contributed by atoms with Crippen molar-refractivity contribution in [2.24, 2.45) is 0 Å². The molecule has 0 radical (unpaired) electrons. The van der Waals surface area contributed by atoms with E-state index in [0.29, 0.717) is 12.3 Å². The summed E-state index contributed by atoms with van der Waals surface area (Å²) in [5.74, 6) is 0.609. The molecule has 5 heteroatoms. The van der Waals surface area contributed by atoms with Crippen LogP contribution in [0.25, 0.3) is 0 Å². The molecule has 3 nitrogen and oxygen atoms in total. The molecule has 78 valence electrons. The first-order chi connectivity index (χ1) is 5.84. The fourth-order valence-corrected chi connectivity index (χ4v) is 1.38. The Kier molecular flexibility index (Phi) is 5.80. The van der Waals surface area contributed by atoms with E-state index in [4.69, 9.17) is 0 Å². The van der Waals surface area contributed by atoms with Gasteiger partial charge in [0.25, 0.3) is 0 Å². The summed E-state index contributed by atoms with van der Waals surface area (Å²) in [6.45, 7) is 4.17. The third kappa shape index (κ3) is 7.19. The third-order valence-corrected chi connectivity index (χ3v) is 2.66. The summed E-state index contributed by atoms with van der Waals surface area (Å²) in [7, 11) is -0.764. The summed E-state index contributed by atoms with van der Waals surface area (Å²) in [6, 6.07) is 0. The number of hydrogen-bond donors (Lipinski definition) is 1. The molecule has 0 rings (SSSR count). The van der Waals surface area contributed by atoms with Crippen LogP contribution in [0.1, 0.15) is 20.3 Å². The Hall–Kier alpha value is 0.1000. The first-order valence-corrected chi connectivity index (χ1v) is 6.63. The predicted octanol–water partition coefficient (Wildman–Crippen LogP) is 1.04. The van der Waals surface area contributed by atoms with Crippen molar-refractivity contribution in [1.29, 1.82) is 0 Å². The normalized spacial score (nSPS) is 13.8. The maximum atomic E-state index is 11.3. The number of hydrogen-bond acceptors (Lipinski definition) is 2. The van der Waals surface area contributed by atoms with Gasteiger partial charge in [-0.05, 0) is 20.3 Å². The van der Waals surface area contributed by atoms with E-state index < -0.39 is 15.1 Å². The topological polar surface area (TPSA) is 46.2 Å². The minimum atomic E-state index is -0.764. The van der Waals surface area contributed by atoms with E-state index >= 15 is 0 Å². The van der Waals surface area contributed by atoms with E-state index in [1.165, 1.54) is 0 Å². The van der Waals surface area contributed by atoms with Crippen molar-refractivity contribution >= 4 is 32.6 Å². The van der Waals surface area contributed by atoms with Crippen molar-refractivity contribution in [3.05, 3.63) is 0 Å². The number of nitrogens with one attached hydrogen (secondary N) is 1. The van der Waals surface area contributed by atoms with Crippen LogP contribution in [0.3, 0.4) is 0 Å². The van der Waals surface area contributed by atoms with Gasteiger partial charge in [0.15, 0.2) is 0 Å². The molecule has 13 heavy (non-hydrogen) atoms. The highest BCUT2D eigenvalue weighted by Gasteiger charge is 2.22. The summed E-state index contributed by atoms with van der Waals surface area (Å²) in [6.07, 6.45) is 2.42. The van der Waals surface area contributed by atoms with Gasteiger partial charge in [-0.25, -0.2) is 0 Å². The predicted molar refractivity (Wildman–Crippen MR) is 59.6 cm³/mol. The quantitative estimate of drug-likeness (QED) is 0.599. The van der Waals surface area contributed by atoms with E-state index in [9.17, 15) is 9.00 Å². The Morgan fingerprint density at radius 3 is 2.46 bits per heavy atom. The van der Waals surface area contributed by atoms with Crippen LogP contribution in [-0.2, 0) is 15.6 Å². The molecule has 1 unspecified atom stereocenters. The van der Waals surface area contributed by atoms with E-state index in [2.05, 4.69) is 21.2 Å². The molecular weight excluding hydrogens is 254 g/mol. The van der Waals surface area contributed by atoms with Crippen molar-refractivity contribution in [3.8, 4) is 0 Å². The van der Waals surface area contributed by atoms with E-state index in [1.54, 1.807) is 20.1 Å². The van der Waals surface area contributed by atoms with Crippen LogP contribution in [0.2, 0.25) is 0 Å². The van der Waals surface area contributed by atoms with Crippen LogP contribution in [0, 0.1) is 0 Å². The zero-order valence-corrected chi connectivity index (χ0v) is 10.6. The summed E-state index contributed by atoms with van der Waals surface area (Å²) in [4.78, 5) is 11.3. The second-order valence-electron chi connectivity index (χ2n) is 3.36. The van der Waals surface area contributed by atoms with Gasteiger partial charge in [-0.3, -0.25) is 9.00 Å². The Labute approximate surface area is 90.2 Å². The lowest BCUT2D eigenvalue weighted by Gasteiger charge is -2.15. The fourth-order valence-electron chi connectivity index (χ4n) is 0.688. The fraction of sp³-hybridized carbons (Fsp3) is 0.875. The maximum absolute atomic E-state index is 11.3. The molecular formula is C8H16BrNO2S. The summed E-state index contributed by atoms with van der Waals surface area (Å²) < 4.78 is 10.2. The molecule has 1 N–H and O–H groups in total. The molecule has 0 aromatic carbocycles. The molecule has 1 atom stereocenters. The smallest absolute Gasteiger partial charge is 0.236 e. The van der Waals surface area contributed by atoms with Crippen LogP contribution in [0.4, 0.5) is 0 Å². The van der Waals surface area contributed by atoms with Gasteiger partial charge in [0.1, 0.15) is 0 Å². The Morgan fingerprint density at radius 2 is 2.08 bits per heavy atom. The molecule has 0 aromatic heterocycles. The summed E-state index contributed by atoms with van der Waals surface area (Å²) in [5.41, 5.74) is 0. The minimum Gasteiger partial charge on any atom is -0.355 e. The second-order valence-corrected chi connectivity index (χ2v) is 6.90. The van der Waals surface area contributed by atoms with E-state index in [-0.39, 0.29) is 5.91 Å². The molecule has 0 aliphatic heterocycles. The lowest BCUT2D eigenvalue weighted by Crippen LogP contribution is -2.38. The van der Waals surface area contributed by atoms with Crippen LogP contribution >= 0.6 is 15.9 Å². The number of amides is 1. The number of carbonyl (C=O) groups excluding carboxylic acids is 1. The standard InChI is InChI=1S/C8H16BrNO2S/c1-8(2,9)7(11)10-5-4-6-13(3)12/h4-6H2,1-3H3,(H,10,11). The Bertz CT molecular complexity index is 201. The van der Waals surface area contributed by atoms with E-state index in [1.807, 2.05) is 0 Å². The molecule has 0 spiro atoms. The number of alkyl halides is 1. The van der Waals surface area contributed by atoms with E-state index in [0.717, 1.165) is 6.42 Å². The lowest BCUT2D eigenvalue weighted by atomic mass is 10.2. The molecule has 0 saturated heterocycles. The third-order valence-electron chi connectivity index (χ3n) is 1.43. The van der Waals surface area contributed by atoms with Crippen molar-refractivity contribution in [1.82, 2.24) is 5.32 Å². The Balaban J connectivity index is 3.55. The van der Waals surface area contributed by atoms with Crippen molar-refractivity contribution in [2.45, 2.75) is 24.6 Å². The molecule has 0 aliphatic carbocycles. The largest absolute Gasteiger partial charge is 0.355 e. The van der Waals surface area contributed by atoms with Gasteiger partial charge in [0, 0.05) is 29.4 Å². The molecule has 0 aromatic rings. The molecule has 0 bridgehead atoms. The van der Waals surface area contributed by atoms with Crippen molar-refractivity contribution in [3.63, 3.8) is 0 Å². The monoisotopic (exact) mass is 269 g/mol. The van der Waals surface area contributed by atoms with Gasteiger partial charge in [0.2, 0.25) is 5.91 Å². The van der Waals surface area contributed by atoms with Crippen molar-refractivity contribution < 1.29 is 9.00 Å². The van der Waals surface area contributed by atoms with Gasteiger partial charge in [-0.1, -0.05) is 15.9 Å². The first kappa shape index (κ1) is 13.1. The SMILES string of the molecule is CS(=O)CCCNC(=O)C(C)(C)Br. The van der Waals surface area contributed by atoms with Crippen LogP contribution in [0.5, 0.6) is 0 Å². The zero-order chi connectivity index (χ0) is 10.5. The minimum absolute atomic E-state index is 0.0330. The molecule has 0 fully saturated rings. The molecule has 0 aliphatic rings. The number of carbonyl (C=O) groups is 1. The van der Waals surface area contributed by atoms with Crippen LogP contribution in [-0.4, -0.2) is 33.0 Å².